The van der Waals surface area contributed by atoms with Crippen molar-refractivity contribution in [2.45, 2.75) is 25.2 Å². The lowest BCUT2D eigenvalue weighted by atomic mass is 10.1. The Morgan fingerprint density at radius 1 is 1.56 bits per heavy atom. The second kappa shape index (κ2) is 4.20. The summed E-state index contributed by atoms with van der Waals surface area (Å²) in [6, 6.07) is 3.57. The maximum atomic E-state index is 11.0. The first-order valence-electron chi connectivity index (χ1n) is 4.75. The molecule has 0 amide bonds. The predicted octanol–water partition coefficient (Wildman–Crippen LogP) is 2.84. The van der Waals surface area contributed by atoms with Gasteiger partial charge in [-0.25, -0.2) is 8.42 Å². The van der Waals surface area contributed by atoms with Gasteiger partial charge in [-0.15, -0.1) is 0 Å². The maximum Gasteiger partial charge on any atom is 0.236 e. The molecule has 1 aromatic carbocycles. The Morgan fingerprint density at radius 2 is 2.25 bits per heavy atom. The molecule has 0 radical (unpaired) electrons. The Balaban J connectivity index is 2.39. The second-order valence-corrected chi connectivity index (χ2v) is 7.51. The Hall–Kier alpha value is -0.260. The minimum atomic E-state index is -3.51. The average molecular weight is 326 g/mol. The number of ether oxygens (including phenoxy) is 1. The molecule has 1 unspecified atom stereocenters. The zero-order valence-corrected chi connectivity index (χ0v) is 11.7. The van der Waals surface area contributed by atoms with Gasteiger partial charge in [0.15, 0.2) is 0 Å². The molecule has 3 nitrogen and oxygen atoms in total. The quantitative estimate of drug-likeness (QED) is 0.785. The van der Waals surface area contributed by atoms with Crippen LogP contribution in [0, 0.1) is 0 Å². The molecular formula is C10H10BrClO3S. The molecule has 1 atom stereocenters. The van der Waals surface area contributed by atoms with E-state index in [9.17, 15) is 8.42 Å². The zero-order chi connectivity index (χ0) is 11.9. The highest BCUT2D eigenvalue weighted by atomic mass is 79.9. The Kier molecular flexibility index (Phi) is 3.20. The van der Waals surface area contributed by atoms with Crippen LogP contribution >= 0.6 is 26.6 Å². The molecular weight excluding hydrogens is 316 g/mol. The van der Waals surface area contributed by atoms with Gasteiger partial charge in [0.05, 0.1) is 10.2 Å². The molecule has 16 heavy (non-hydrogen) atoms. The molecule has 0 saturated carbocycles. The van der Waals surface area contributed by atoms with Gasteiger partial charge in [-0.2, -0.15) is 0 Å². The van der Waals surface area contributed by atoms with Crippen LogP contribution in [0.1, 0.15) is 18.1 Å². The molecule has 0 aromatic heterocycles. The Bertz CT molecular complexity index is 527. The van der Waals surface area contributed by atoms with Crippen molar-refractivity contribution in [1.29, 1.82) is 0 Å². The molecule has 1 aliphatic rings. The number of hydrogen-bond donors (Lipinski definition) is 0. The van der Waals surface area contributed by atoms with Gasteiger partial charge in [0.1, 0.15) is 11.9 Å². The molecule has 0 fully saturated rings. The summed E-state index contributed by atoms with van der Waals surface area (Å²) in [5, 5.41) is 0. The van der Waals surface area contributed by atoms with Crippen molar-refractivity contribution in [3.05, 3.63) is 27.7 Å². The van der Waals surface area contributed by atoms with E-state index in [0.717, 1.165) is 22.2 Å². The van der Waals surface area contributed by atoms with Crippen LogP contribution < -0.4 is 4.74 Å². The lowest BCUT2D eigenvalue weighted by Gasteiger charge is -2.06. The molecule has 2 rings (SSSR count). The monoisotopic (exact) mass is 324 g/mol. The van der Waals surface area contributed by atoms with E-state index in [1.165, 1.54) is 0 Å². The van der Waals surface area contributed by atoms with E-state index in [1.54, 1.807) is 6.07 Å². The van der Waals surface area contributed by atoms with Gasteiger partial charge in [-0.3, -0.25) is 0 Å². The summed E-state index contributed by atoms with van der Waals surface area (Å²) in [5.41, 5.74) is 1.70. The second-order valence-electron chi connectivity index (χ2n) is 3.88. The first-order chi connectivity index (χ1) is 7.35. The summed E-state index contributed by atoms with van der Waals surface area (Å²) < 4.78 is 28.4. The van der Waals surface area contributed by atoms with Gasteiger partial charge in [0.25, 0.3) is 0 Å². The van der Waals surface area contributed by atoms with Crippen LogP contribution in [0.25, 0.3) is 0 Å². The summed E-state index contributed by atoms with van der Waals surface area (Å²) in [6.45, 7) is 1.98. The van der Waals surface area contributed by atoms with Gasteiger partial charge in [0.2, 0.25) is 9.05 Å². The van der Waals surface area contributed by atoms with Crippen molar-refractivity contribution in [3.63, 3.8) is 0 Å². The summed E-state index contributed by atoms with van der Waals surface area (Å²) in [5.74, 6) is 0.651. The normalized spacial score (nSPS) is 19.3. The van der Waals surface area contributed by atoms with E-state index in [4.69, 9.17) is 15.4 Å². The molecule has 6 heteroatoms. The fourth-order valence-corrected chi connectivity index (χ4v) is 3.42. The highest BCUT2D eigenvalue weighted by Crippen LogP contribution is 2.37. The van der Waals surface area contributed by atoms with Crippen LogP contribution in [0.4, 0.5) is 0 Å². The molecule has 1 heterocycles. The minimum Gasteiger partial charge on any atom is -0.489 e. The highest BCUT2D eigenvalue weighted by molar-refractivity contribution is 9.10. The minimum absolute atomic E-state index is 0.133. The molecule has 0 aliphatic carbocycles. The Labute approximate surface area is 107 Å². The summed E-state index contributed by atoms with van der Waals surface area (Å²) >= 11 is 3.37. The zero-order valence-electron chi connectivity index (χ0n) is 8.54. The summed E-state index contributed by atoms with van der Waals surface area (Å²) in [6.07, 6.45) is 0.929. The number of rotatable bonds is 2. The predicted molar refractivity (Wildman–Crippen MR) is 66.4 cm³/mol. The third-order valence-corrected chi connectivity index (χ3v) is 3.94. The lowest BCUT2D eigenvalue weighted by molar-refractivity contribution is 0.253. The van der Waals surface area contributed by atoms with Crippen LogP contribution in [0.15, 0.2) is 16.6 Å². The first kappa shape index (κ1) is 12.2. The number of hydrogen-bond acceptors (Lipinski definition) is 3. The van der Waals surface area contributed by atoms with Gasteiger partial charge in [-0.05, 0) is 40.0 Å². The van der Waals surface area contributed by atoms with E-state index >= 15 is 0 Å². The fraction of sp³-hybridized carbons (Fsp3) is 0.400. The van der Waals surface area contributed by atoms with Crippen molar-refractivity contribution in [3.8, 4) is 5.75 Å². The maximum absolute atomic E-state index is 11.0. The third-order valence-electron chi connectivity index (χ3n) is 2.35. The van der Waals surface area contributed by atoms with Crippen LogP contribution in [-0.2, 0) is 21.2 Å². The largest absolute Gasteiger partial charge is 0.489 e. The van der Waals surface area contributed by atoms with Crippen LogP contribution in [0.2, 0.25) is 0 Å². The molecule has 0 saturated heterocycles. The van der Waals surface area contributed by atoms with Gasteiger partial charge in [0, 0.05) is 17.1 Å². The summed E-state index contributed by atoms with van der Waals surface area (Å²) in [7, 11) is 1.71. The van der Waals surface area contributed by atoms with Crippen molar-refractivity contribution in [2.75, 3.05) is 0 Å². The van der Waals surface area contributed by atoms with Crippen LogP contribution in [0.5, 0.6) is 5.75 Å². The summed E-state index contributed by atoms with van der Waals surface area (Å²) in [4.78, 5) is 0. The first-order valence-corrected chi connectivity index (χ1v) is 8.02. The SMILES string of the molecule is CC1Cc2cc(CS(=O)(=O)Cl)cc(Br)c2O1. The topological polar surface area (TPSA) is 43.4 Å². The molecule has 1 aromatic rings. The molecule has 0 bridgehead atoms. The van der Waals surface area contributed by atoms with Crippen molar-refractivity contribution < 1.29 is 13.2 Å². The highest BCUT2D eigenvalue weighted by Gasteiger charge is 2.23. The van der Waals surface area contributed by atoms with E-state index in [1.807, 2.05) is 13.0 Å². The molecule has 1 aliphatic heterocycles. The van der Waals surface area contributed by atoms with E-state index in [2.05, 4.69) is 15.9 Å². The van der Waals surface area contributed by atoms with Gasteiger partial charge in [-0.1, -0.05) is 6.07 Å². The lowest BCUT2D eigenvalue weighted by Crippen LogP contribution is -2.05. The van der Waals surface area contributed by atoms with E-state index in [-0.39, 0.29) is 11.9 Å². The molecule has 88 valence electrons. The van der Waals surface area contributed by atoms with Crippen molar-refractivity contribution >= 4 is 35.7 Å². The molecule has 0 N–H and O–H groups in total. The van der Waals surface area contributed by atoms with Crippen molar-refractivity contribution in [1.82, 2.24) is 0 Å². The van der Waals surface area contributed by atoms with Gasteiger partial charge < -0.3 is 4.74 Å². The fourth-order valence-electron chi connectivity index (χ4n) is 1.83. The standard InChI is InChI=1S/C10H10BrClO3S/c1-6-2-8-3-7(5-16(12,13)14)4-9(11)10(8)15-6/h3-4,6H,2,5H2,1H3. The van der Waals surface area contributed by atoms with Crippen molar-refractivity contribution in [2.24, 2.45) is 0 Å². The van der Waals surface area contributed by atoms with Gasteiger partial charge >= 0.3 is 0 Å². The third kappa shape index (κ3) is 2.70. The molecule has 0 spiro atoms. The average Bonchev–Trinajstić information content (AvgIpc) is 2.42. The van der Waals surface area contributed by atoms with E-state index < -0.39 is 9.05 Å². The van der Waals surface area contributed by atoms with Crippen LogP contribution in [0.3, 0.4) is 0 Å². The van der Waals surface area contributed by atoms with Crippen LogP contribution in [-0.4, -0.2) is 14.5 Å². The number of halogens is 2. The number of fused-ring (bicyclic) bond motifs is 1. The van der Waals surface area contributed by atoms with E-state index in [0.29, 0.717) is 5.56 Å². The Morgan fingerprint density at radius 3 is 2.88 bits per heavy atom. The smallest absolute Gasteiger partial charge is 0.236 e. The number of benzene rings is 1.